The summed E-state index contributed by atoms with van der Waals surface area (Å²) in [5.41, 5.74) is 12.7. The van der Waals surface area contributed by atoms with Gasteiger partial charge in [-0.25, -0.2) is 9.97 Å². The van der Waals surface area contributed by atoms with E-state index in [4.69, 9.17) is 9.97 Å². The number of aromatic nitrogens is 3. The number of benzene rings is 8. The van der Waals surface area contributed by atoms with Gasteiger partial charge in [-0.1, -0.05) is 109 Å². The lowest BCUT2D eigenvalue weighted by molar-refractivity contribution is 1.14. The van der Waals surface area contributed by atoms with Crippen LogP contribution in [-0.4, -0.2) is 14.5 Å². The molecule has 10 aromatic rings. The molecule has 10 rings (SSSR count). The third-order valence-corrected chi connectivity index (χ3v) is 9.70. The molecule has 0 bridgehead atoms. The summed E-state index contributed by atoms with van der Waals surface area (Å²) in [4.78, 5) is 10.3. The Morgan fingerprint density at radius 2 is 0.837 bits per heavy atom. The van der Waals surface area contributed by atoms with E-state index >= 15 is 0 Å². The van der Waals surface area contributed by atoms with Crippen molar-refractivity contribution in [1.82, 2.24) is 14.5 Å². The van der Waals surface area contributed by atoms with Crippen LogP contribution in [0.4, 0.5) is 0 Å². The highest BCUT2D eigenvalue weighted by atomic mass is 15.1. The van der Waals surface area contributed by atoms with Gasteiger partial charge in [0.05, 0.1) is 16.6 Å². The Morgan fingerprint density at radius 3 is 1.45 bits per heavy atom. The fourth-order valence-corrected chi connectivity index (χ4v) is 7.25. The maximum absolute atomic E-state index is 5.19. The van der Waals surface area contributed by atoms with Crippen molar-refractivity contribution in [3.8, 4) is 39.1 Å². The molecule has 0 aliphatic rings. The van der Waals surface area contributed by atoms with Crippen LogP contribution in [0, 0.1) is 0 Å². The summed E-state index contributed by atoms with van der Waals surface area (Å²) in [6.45, 7) is 0. The number of hydrogen-bond acceptors (Lipinski definition) is 2. The summed E-state index contributed by atoms with van der Waals surface area (Å²) < 4.78 is 2.24. The molecule has 228 valence electrons. The van der Waals surface area contributed by atoms with Crippen LogP contribution in [-0.2, 0) is 0 Å². The van der Waals surface area contributed by atoms with Crippen LogP contribution < -0.4 is 0 Å². The molecule has 2 aromatic heterocycles. The van der Waals surface area contributed by atoms with Crippen LogP contribution in [0.1, 0.15) is 0 Å². The van der Waals surface area contributed by atoms with Crippen molar-refractivity contribution in [3.05, 3.63) is 176 Å². The summed E-state index contributed by atoms with van der Waals surface area (Å²) in [6, 6.07) is 63.0. The summed E-state index contributed by atoms with van der Waals surface area (Å²) in [6.07, 6.45) is 0. The molecule has 0 fully saturated rings. The highest BCUT2D eigenvalue weighted by molar-refractivity contribution is 6.09. The van der Waals surface area contributed by atoms with E-state index in [1.807, 2.05) is 30.3 Å². The van der Waals surface area contributed by atoms with Gasteiger partial charge in [0.15, 0.2) is 5.65 Å². The molecule has 3 heteroatoms. The smallest absolute Gasteiger partial charge is 0.165 e. The van der Waals surface area contributed by atoms with Crippen LogP contribution in [0.15, 0.2) is 176 Å². The zero-order valence-electron chi connectivity index (χ0n) is 26.6. The first-order valence-electron chi connectivity index (χ1n) is 16.7. The van der Waals surface area contributed by atoms with Crippen LogP contribution in [0.25, 0.3) is 93.7 Å². The molecule has 49 heavy (non-hydrogen) atoms. The van der Waals surface area contributed by atoms with Gasteiger partial charge in [-0.2, -0.15) is 0 Å². The van der Waals surface area contributed by atoms with Gasteiger partial charge in [-0.15, -0.1) is 0 Å². The zero-order chi connectivity index (χ0) is 32.3. The second kappa shape index (κ2) is 11.0. The molecule has 0 spiro atoms. The number of para-hydroxylation sites is 3. The zero-order valence-corrected chi connectivity index (χ0v) is 26.6. The highest BCUT2D eigenvalue weighted by Crippen LogP contribution is 2.38. The van der Waals surface area contributed by atoms with Crippen LogP contribution in [0.2, 0.25) is 0 Å². The Labute approximate surface area is 283 Å². The second-order valence-corrected chi connectivity index (χ2v) is 12.7. The Kier molecular flexibility index (Phi) is 6.18. The Hall–Kier alpha value is -6.58. The van der Waals surface area contributed by atoms with Crippen LogP contribution >= 0.6 is 0 Å². The van der Waals surface area contributed by atoms with E-state index in [1.54, 1.807) is 0 Å². The third-order valence-electron chi connectivity index (χ3n) is 9.70. The van der Waals surface area contributed by atoms with Gasteiger partial charge in [0.2, 0.25) is 0 Å². The lowest BCUT2D eigenvalue weighted by Crippen LogP contribution is -1.96. The molecule has 0 N–H and O–H groups in total. The molecule has 8 aromatic carbocycles. The van der Waals surface area contributed by atoms with Gasteiger partial charge < -0.3 is 0 Å². The molecular formula is C46H29N3. The van der Waals surface area contributed by atoms with Gasteiger partial charge in [0, 0.05) is 11.1 Å². The van der Waals surface area contributed by atoms with Crippen molar-refractivity contribution in [1.29, 1.82) is 0 Å². The van der Waals surface area contributed by atoms with Gasteiger partial charge in [-0.05, 0) is 122 Å². The van der Waals surface area contributed by atoms with Crippen molar-refractivity contribution >= 4 is 54.6 Å². The van der Waals surface area contributed by atoms with E-state index in [-0.39, 0.29) is 0 Å². The fourth-order valence-electron chi connectivity index (χ4n) is 7.25. The summed E-state index contributed by atoms with van der Waals surface area (Å²) in [5, 5.41) is 6.03. The van der Waals surface area contributed by atoms with Gasteiger partial charge in [0.1, 0.15) is 5.52 Å². The predicted molar refractivity (Wildman–Crippen MR) is 205 cm³/mol. The third kappa shape index (κ3) is 4.67. The molecular weight excluding hydrogens is 595 g/mol. The number of nitrogens with zero attached hydrogens (tertiary/aromatic N) is 3. The normalized spacial score (nSPS) is 11.7. The Bertz CT molecular complexity index is 2790. The lowest BCUT2D eigenvalue weighted by Gasteiger charge is -2.13. The van der Waals surface area contributed by atoms with Gasteiger partial charge in [0.25, 0.3) is 0 Å². The standard InChI is InChI=1S/C46H29N3/c1-2-14-40(15-3-1)49-44-23-22-36(29-41(44)45-46(49)48-43-17-9-8-16-42(43)47-45)39-27-37(34-20-18-30-10-4-6-12-32(30)24-34)26-38(28-39)35-21-19-31-11-5-7-13-33(31)25-35/h1-29H. The topological polar surface area (TPSA) is 30.7 Å². The van der Waals surface area contributed by atoms with E-state index in [1.165, 1.54) is 43.8 Å². The average Bonchev–Trinajstić information content (AvgIpc) is 3.49. The van der Waals surface area contributed by atoms with Gasteiger partial charge in [-0.3, -0.25) is 4.57 Å². The van der Waals surface area contributed by atoms with E-state index in [0.717, 1.165) is 49.9 Å². The maximum atomic E-state index is 5.19. The van der Waals surface area contributed by atoms with Crippen molar-refractivity contribution in [2.24, 2.45) is 0 Å². The largest absolute Gasteiger partial charge is 0.293 e. The SMILES string of the molecule is c1ccc(-n2c3ccc(-c4cc(-c5ccc6ccccc6c5)cc(-c5ccc6ccccc6c5)c4)cc3c3nc4ccccc4nc32)cc1. The molecule has 0 radical (unpaired) electrons. The van der Waals surface area contributed by atoms with Crippen LogP contribution in [0.3, 0.4) is 0 Å². The molecule has 0 amide bonds. The quantitative estimate of drug-likeness (QED) is 0.195. The second-order valence-electron chi connectivity index (χ2n) is 12.7. The summed E-state index contributed by atoms with van der Waals surface area (Å²) in [7, 11) is 0. The molecule has 0 aliphatic heterocycles. The molecule has 0 aliphatic carbocycles. The molecule has 2 heterocycles. The van der Waals surface area contributed by atoms with Crippen molar-refractivity contribution < 1.29 is 0 Å². The Morgan fingerprint density at radius 1 is 0.347 bits per heavy atom. The number of rotatable bonds is 4. The minimum absolute atomic E-state index is 0.860. The highest BCUT2D eigenvalue weighted by Gasteiger charge is 2.18. The van der Waals surface area contributed by atoms with Crippen molar-refractivity contribution in [2.75, 3.05) is 0 Å². The summed E-state index contributed by atoms with van der Waals surface area (Å²) in [5.74, 6) is 0. The molecule has 3 nitrogen and oxygen atoms in total. The average molecular weight is 624 g/mol. The first-order valence-corrected chi connectivity index (χ1v) is 16.7. The lowest BCUT2D eigenvalue weighted by atomic mass is 9.91. The molecule has 0 unspecified atom stereocenters. The minimum atomic E-state index is 0.860. The molecule has 0 saturated carbocycles. The predicted octanol–water partition coefficient (Wildman–Crippen LogP) is 12.0. The fraction of sp³-hybridized carbons (Fsp3) is 0. The first kappa shape index (κ1) is 27.5. The van der Waals surface area contributed by atoms with Crippen LogP contribution in [0.5, 0.6) is 0 Å². The maximum Gasteiger partial charge on any atom is 0.165 e. The van der Waals surface area contributed by atoms with Gasteiger partial charge >= 0.3 is 0 Å². The number of hydrogen-bond donors (Lipinski definition) is 0. The van der Waals surface area contributed by atoms with E-state index < -0.39 is 0 Å². The van der Waals surface area contributed by atoms with E-state index in [9.17, 15) is 0 Å². The minimum Gasteiger partial charge on any atom is -0.293 e. The molecule has 0 atom stereocenters. The van der Waals surface area contributed by atoms with Crippen molar-refractivity contribution in [3.63, 3.8) is 0 Å². The Balaban J connectivity index is 1.22. The number of fused-ring (bicyclic) bond motifs is 6. The van der Waals surface area contributed by atoms with E-state index in [0.29, 0.717) is 0 Å². The first-order chi connectivity index (χ1) is 24.2. The summed E-state index contributed by atoms with van der Waals surface area (Å²) >= 11 is 0. The molecule has 0 saturated heterocycles. The van der Waals surface area contributed by atoms with E-state index in [2.05, 4.69) is 150 Å². The van der Waals surface area contributed by atoms with Crippen molar-refractivity contribution in [2.45, 2.75) is 0 Å². The monoisotopic (exact) mass is 623 g/mol.